The summed E-state index contributed by atoms with van der Waals surface area (Å²) in [5.74, 6) is 1.06. The van der Waals surface area contributed by atoms with Crippen LogP contribution in [-0.4, -0.2) is 26.4 Å². The van der Waals surface area contributed by atoms with E-state index < -0.39 is 0 Å². The van der Waals surface area contributed by atoms with Crippen LogP contribution in [0.3, 0.4) is 0 Å². The molecule has 1 amide bonds. The Labute approximate surface area is 168 Å². The van der Waals surface area contributed by atoms with Gasteiger partial charge in [-0.25, -0.2) is 0 Å². The standard InChI is InChI=1S/C20H21ClN4OS/c1-13-5-4-6-17(14(13)2)22-19(26)12-27-20-24-23-18(25(20)3)11-15-7-9-16(21)10-8-15/h4-10H,11-12H2,1-3H3,(H,22,26). The highest BCUT2D eigenvalue weighted by Gasteiger charge is 2.13. The van der Waals surface area contributed by atoms with Crippen molar-refractivity contribution < 1.29 is 4.79 Å². The third kappa shape index (κ3) is 4.90. The van der Waals surface area contributed by atoms with E-state index in [-0.39, 0.29) is 11.7 Å². The summed E-state index contributed by atoms with van der Waals surface area (Å²) in [4.78, 5) is 12.3. The van der Waals surface area contributed by atoms with E-state index in [1.165, 1.54) is 11.8 Å². The molecule has 3 rings (SSSR count). The van der Waals surface area contributed by atoms with E-state index in [2.05, 4.69) is 15.5 Å². The molecule has 0 aliphatic heterocycles. The van der Waals surface area contributed by atoms with Gasteiger partial charge in [0.05, 0.1) is 5.75 Å². The van der Waals surface area contributed by atoms with Gasteiger partial charge in [0.2, 0.25) is 5.91 Å². The number of nitrogens with zero attached hydrogens (tertiary/aromatic N) is 3. The number of aromatic nitrogens is 3. The van der Waals surface area contributed by atoms with E-state index in [0.717, 1.165) is 33.4 Å². The molecule has 2 aromatic carbocycles. The van der Waals surface area contributed by atoms with Crippen LogP contribution in [0.2, 0.25) is 5.02 Å². The number of carbonyl (C=O) groups excluding carboxylic acids is 1. The summed E-state index contributed by atoms with van der Waals surface area (Å²) in [7, 11) is 1.91. The minimum absolute atomic E-state index is 0.0593. The predicted octanol–water partition coefficient (Wildman–Crippen LogP) is 4.41. The number of thioether (sulfide) groups is 1. The lowest BCUT2D eigenvalue weighted by Crippen LogP contribution is -2.15. The Morgan fingerprint density at radius 1 is 1.15 bits per heavy atom. The first kappa shape index (κ1) is 19.5. The van der Waals surface area contributed by atoms with Crippen LogP contribution in [0, 0.1) is 13.8 Å². The quantitative estimate of drug-likeness (QED) is 0.623. The minimum atomic E-state index is -0.0593. The molecule has 1 heterocycles. The van der Waals surface area contributed by atoms with Gasteiger partial charge in [-0.1, -0.05) is 47.6 Å². The van der Waals surface area contributed by atoms with Crippen LogP contribution in [0.5, 0.6) is 0 Å². The van der Waals surface area contributed by atoms with Crippen LogP contribution in [0.4, 0.5) is 5.69 Å². The Morgan fingerprint density at radius 2 is 1.89 bits per heavy atom. The van der Waals surface area contributed by atoms with E-state index >= 15 is 0 Å². The molecule has 140 valence electrons. The Balaban J connectivity index is 1.60. The zero-order valence-electron chi connectivity index (χ0n) is 15.5. The number of rotatable bonds is 6. The second-order valence-electron chi connectivity index (χ2n) is 6.35. The van der Waals surface area contributed by atoms with Gasteiger partial charge in [-0.15, -0.1) is 10.2 Å². The van der Waals surface area contributed by atoms with Crippen LogP contribution in [0.25, 0.3) is 0 Å². The number of aryl methyl sites for hydroxylation is 1. The fourth-order valence-electron chi connectivity index (χ4n) is 2.61. The fourth-order valence-corrected chi connectivity index (χ4v) is 3.47. The summed E-state index contributed by atoms with van der Waals surface area (Å²) in [6.45, 7) is 4.03. The number of benzene rings is 2. The third-order valence-electron chi connectivity index (χ3n) is 4.41. The van der Waals surface area contributed by atoms with E-state index in [0.29, 0.717) is 11.4 Å². The van der Waals surface area contributed by atoms with Gasteiger partial charge in [0.15, 0.2) is 5.16 Å². The molecule has 0 atom stereocenters. The summed E-state index contributed by atoms with van der Waals surface area (Å²) in [5.41, 5.74) is 4.20. The molecule has 0 spiro atoms. The number of hydrogen-bond donors (Lipinski definition) is 1. The maximum Gasteiger partial charge on any atom is 0.234 e. The Hall–Kier alpha value is -2.31. The predicted molar refractivity (Wildman–Crippen MR) is 111 cm³/mol. The molecule has 1 aromatic heterocycles. The first-order valence-electron chi connectivity index (χ1n) is 8.55. The lowest BCUT2D eigenvalue weighted by molar-refractivity contribution is -0.113. The van der Waals surface area contributed by atoms with Gasteiger partial charge in [0, 0.05) is 24.2 Å². The van der Waals surface area contributed by atoms with Gasteiger partial charge in [0.1, 0.15) is 5.82 Å². The van der Waals surface area contributed by atoms with Gasteiger partial charge < -0.3 is 9.88 Å². The molecule has 0 fully saturated rings. The molecular weight excluding hydrogens is 380 g/mol. The zero-order valence-corrected chi connectivity index (χ0v) is 17.1. The number of halogens is 1. The summed E-state index contributed by atoms with van der Waals surface area (Å²) < 4.78 is 1.92. The van der Waals surface area contributed by atoms with Crippen LogP contribution in [0.1, 0.15) is 22.5 Å². The van der Waals surface area contributed by atoms with Crippen LogP contribution >= 0.6 is 23.4 Å². The van der Waals surface area contributed by atoms with Crippen molar-refractivity contribution in [2.75, 3.05) is 11.1 Å². The molecule has 0 bridgehead atoms. The monoisotopic (exact) mass is 400 g/mol. The summed E-state index contributed by atoms with van der Waals surface area (Å²) in [5, 5.41) is 12.9. The first-order valence-corrected chi connectivity index (χ1v) is 9.92. The summed E-state index contributed by atoms with van der Waals surface area (Å²) in [6.07, 6.45) is 0.663. The van der Waals surface area contributed by atoms with Crippen molar-refractivity contribution in [1.29, 1.82) is 0 Å². The Kier molecular flexibility index (Phi) is 6.19. The molecule has 0 unspecified atom stereocenters. The molecule has 0 saturated carbocycles. The SMILES string of the molecule is Cc1cccc(NC(=O)CSc2nnc(Cc3ccc(Cl)cc3)n2C)c1C. The summed E-state index contributed by atoms with van der Waals surface area (Å²) >= 11 is 7.30. The normalized spacial score (nSPS) is 10.8. The average molecular weight is 401 g/mol. The number of hydrogen-bond acceptors (Lipinski definition) is 4. The van der Waals surface area contributed by atoms with E-state index in [4.69, 9.17) is 11.6 Å². The highest BCUT2D eigenvalue weighted by Crippen LogP contribution is 2.21. The fraction of sp³-hybridized carbons (Fsp3) is 0.250. The second kappa shape index (κ2) is 8.59. The second-order valence-corrected chi connectivity index (χ2v) is 7.72. The molecule has 5 nitrogen and oxygen atoms in total. The van der Waals surface area contributed by atoms with Gasteiger partial charge in [-0.3, -0.25) is 4.79 Å². The van der Waals surface area contributed by atoms with Crippen LogP contribution < -0.4 is 5.32 Å². The van der Waals surface area contributed by atoms with Crippen molar-refractivity contribution in [3.05, 3.63) is 70.0 Å². The van der Waals surface area contributed by atoms with Crippen molar-refractivity contribution in [3.63, 3.8) is 0 Å². The van der Waals surface area contributed by atoms with Gasteiger partial charge in [0.25, 0.3) is 0 Å². The zero-order chi connectivity index (χ0) is 19.4. The Morgan fingerprint density at radius 3 is 2.63 bits per heavy atom. The smallest absolute Gasteiger partial charge is 0.234 e. The van der Waals surface area contributed by atoms with E-state index in [1.807, 2.05) is 67.9 Å². The molecule has 0 saturated heterocycles. The van der Waals surface area contributed by atoms with Crippen LogP contribution in [0.15, 0.2) is 47.6 Å². The van der Waals surface area contributed by atoms with Crippen molar-refractivity contribution in [2.24, 2.45) is 7.05 Å². The summed E-state index contributed by atoms with van der Waals surface area (Å²) in [6, 6.07) is 13.6. The largest absolute Gasteiger partial charge is 0.325 e. The highest BCUT2D eigenvalue weighted by atomic mass is 35.5. The van der Waals surface area contributed by atoms with Crippen molar-refractivity contribution >= 4 is 35.0 Å². The van der Waals surface area contributed by atoms with Gasteiger partial charge in [-0.2, -0.15) is 0 Å². The first-order chi connectivity index (χ1) is 12.9. The minimum Gasteiger partial charge on any atom is -0.325 e. The lowest BCUT2D eigenvalue weighted by Gasteiger charge is -2.10. The average Bonchev–Trinajstić information content (AvgIpc) is 2.99. The van der Waals surface area contributed by atoms with Crippen molar-refractivity contribution in [2.45, 2.75) is 25.4 Å². The Bertz CT molecular complexity index is 953. The van der Waals surface area contributed by atoms with E-state index in [9.17, 15) is 4.79 Å². The maximum absolute atomic E-state index is 12.3. The molecule has 0 aliphatic rings. The van der Waals surface area contributed by atoms with Gasteiger partial charge in [-0.05, 0) is 48.7 Å². The van der Waals surface area contributed by atoms with Crippen molar-refractivity contribution in [3.8, 4) is 0 Å². The van der Waals surface area contributed by atoms with Crippen LogP contribution in [-0.2, 0) is 18.3 Å². The molecule has 3 aromatic rings. The molecule has 1 N–H and O–H groups in total. The number of amides is 1. The lowest BCUT2D eigenvalue weighted by atomic mass is 10.1. The number of carbonyl (C=O) groups is 1. The number of anilines is 1. The maximum atomic E-state index is 12.3. The molecule has 7 heteroatoms. The number of nitrogens with one attached hydrogen (secondary N) is 1. The van der Waals surface area contributed by atoms with Crippen molar-refractivity contribution in [1.82, 2.24) is 14.8 Å². The topological polar surface area (TPSA) is 59.8 Å². The molecular formula is C20H21ClN4OS. The van der Waals surface area contributed by atoms with E-state index in [1.54, 1.807) is 0 Å². The third-order valence-corrected chi connectivity index (χ3v) is 5.68. The highest BCUT2D eigenvalue weighted by molar-refractivity contribution is 7.99. The molecule has 27 heavy (non-hydrogen) atoms. The molecule has 0 radical (unpaired) electrons. The van der Waals surface area contributed by atoms with Gasteiger partial charge >= 0.3 is 0 Å². The molecule has 0 aliphatic carbocycles.